The van der Waals surface area contributed by atoms with Crippen LogP contribution in [0.15, 0.2) is 18.2 Å². The van der Waals surface area contributed by atoms with Gasteiger partial charge in [0, 0.05) is 0 Å². The van der Waals surface area contributed by atoms with Crippen LogP contribution in [0.2, 0.25) is 0 Å². The largest absolute Gasteiger partial charge is 0.330 e. The normalized spacial score (nSPS) is 24.2. The van der Waals surface area contributed by atoms with E-state index in [4.69, 9.17) is 5.73 Å². The Balaban J connectivity index is 2.34. The van der Waals surface area contributed by atoms with Crippen LogP contribution in [0, 0.1) is 0 Å². The van der Waals surface area contributed by atoms with Gasteiger partial charge in [-0.2, -0.15) is 0 Å². The van der Waals surface area contributed by atoms with Crippen LogP contribution in [0.5, 0.6) is 0 Å². The minimum atomic E-state index is 0.714. The Morgan fingerprint density at radius 3 is 2.80 bits per heavy atom. The number of fused-ring (bicyclic) bond motifs is 1. The fourth-order valence-corrected chi connectivity index (χ4v) is 2.80. The maximum atomic E-state index is 5.68. The lowest BCUT2D eigenvalue weighted by atomic mass is 9.96. The second kappa shape index (κ2) is 4.36. The summed E-state index contributed by atoms with van der Waals surface area (Å²) in [5.41, 5.74) is 10.3. The molecular formula is C14H21N. The molecule has 0 spiro atoms. The number of hydrogen-bond acceptors (Lipinski definition) is 1. The molecule has 0 saturated heterocycles. The van der Waals surface area contributed by atoms with Crippen molar-refractivity contribution in [3.05, 3.63) is 34.9 Å². The summed E-state index contributed by atoms with van der Waals surface area (Å²) < 4.78 is 0. The molecule has 1 aliphatic carbocycles. The monoisotopic (exact) mass is 203 g/mol. The molecule has 0 aromatic heterocycles. The number of hydrogen-bond donors (Lipinski definition) is 1. The summed E-state index contributed by atoms with van der Waals surface area (Å²) in [4.78, 5) is 0. The van der Waals surface area contributed by atoms with Crippen molar-refractivity contribution in [1.29, 1.82) is 0 Å². The van der Waals surface area contributed by atoms with Crippen molar-refractivity contribution in [2.24, 2.45) is 5.73 Å². The second-order valence-electron chi connectivity index (χ2n) is 4.73. The van der Waals surface area contributed by atoms with Gasteiger partial charge in [-0.15, -0.1) is 0 Å². The predicted octanol–water partition coefficient (Wildman–Crippen LogP) is 3.19. The van der Waals surface area contributed by atoms with E-state index >= 15 is 0 Å². The number of aryl methyl sites for hydroxylation is 1. The van der Waals surface area contributed by atoms with Crippen molar-refractivity contribution >= 4 is 0 Å². The lowest BCUT2D eigenvalue weighted by Gasteiger charge is -2.10. The SMILES string of the molecule is CCc1ccc2c(c1)C(CCN)CC2C. The molecule has 82 valence electrons. The average molecular weight is 203 g/mol. The third-order valence-electron chi connectivity index (χ3n) is 3.68. The van der Waals surface area contributed by atoms with Crippen LogP contribution in [-0.4, -0.2) is 6.54 Å². The van der Waals surface area contributed by atoms with Gasteiger partial charge in [-0.05, 0) is 54.3 Å². The van der Waals surface area contributed by atoms with Crippen LogP contribution in [0.4, 0.5) is 0 Å². The summed E-state index contributed by atoms with van der Waals surface area (Å²) >= 11 is 0. The van der Waals surface area contributed by atoms with Gasteiger partial charge in [-0.3, -0.25) is 0 Å². The van der Waals surface area contributed by atoms with Gasteiger partial charge >= 0.3 is 0 Å². The van der Waals surface area contributed by atoms with E-state index in [1.165, 1.54) is 12.0 Å². The summed E-state index contributed by atoms with van der Waals surface area (Å²) in [5.74, 6) is 1.44. The summed E-state index contributed by atoms with van der Waals surface area (Å²) in [6.07, 6.45) is 3.57. The fourth-order valence-electron chi connectivity index (χ4n) is 2.80. The first-order chi connectivity index (χ1) is 7.26. The summed E-state index contributed by atoms with van der Waals surface area (Å²) in [5, 5.41) is 0. The van der Waals surface area contributed by atoms with E-state index < -0.39 is 0 Å². The number of rotatable bonds is 3. The van der Waals surface area contributed by atoms with Gasteiger partial charge in [0.25, 0.3) is 0 Å². The maximum Gasteiger partial charge on any atom is -0.00714 e. The third kappa shape index (κ3) is 1.93. The molecule has 1 aliphatic rings. The van der Waals surface area contributed by atoms with E-state index in [2.05, 4.69) is 32.0 Å². The summed E-state index contributed by atoms with van der Waals surface area (Å²) in [7, 11) is 0. The zero-order valence-electron chi connectivity index (χ0n) is 9.79. The zero-order valence-corrected chi connectivity index (χ0v) is 9.79. The maximum absolute atomic E-state index is 5.68. The minimum absolute atomic E-state index is 0.714. The first-order valence-corrected chi connectivity index (χ1v) is 6.09. The molecule has 2 rings (SSSR count). The smallest absolute Gasteiger partial charge is 0.00714 e. The standard InChI is InChI=1S/C14H21N/c1-3-11-4-5-13-10(2)8-12(6-7-15)14(13)9-11/h4-5,9-10,12H,3,6-8,15H2,1-2H3. The number of benzene rings is 1. The first-order valence-electron chi connectivity index (χ1n) is 6.09. The molecule has 0 heterocycles. The van der Waals surface area contributed by atoms with Gasteiger partial charge in [0.1, 0.15) is 0 Å². The van der Waals surface area contributed by atoms with Gasteiger partial charge in [-0.1, -0.05) is 32.0 Å². The van der Waals surface area contributed by atoms with Gasteiger partial charge in [0.05, 0.1) is 0 Å². The molecule has 15 heavy (non-hydrogen) atoms. The highest BCUT2D eigenvalue weighted by Crippen LogP contribution is 2.43. The molecule has 1 nitrogen and oxygen atoms in total. The molecule has 1 aromatic carbocycles. The Hall–Kier alpha value is -0.820. The molecule has 0 amide bonds. The molecule has 0 saturated carbocycles. The lowest BCUT2D eigenvalue weighted by Crippen LogP contribution is -2.05. The van der Waals surface area contributed by atoms with Crippen molar-refractivity contribution in [3.63, 3.8) is 0 Å². The minimum Gasteiger partial charge on any atom is -0.330 e. The highest BCUT2D eigenvalue weighted by molar-refractivity contribution is 5.41. The van der Waals surface area contributed by atoms with Crippen LogP contribution in [0.25, 0.3) is 0 Å². The van der Waals surface area contributed by atoms with Crippen molar-refractivity contribution in [3.8, 4) is 0 Å². The van der Waals surface area contributed by atoms with Crippen molar-refractivity contribution < 1.29 is 0 Å². The highest BCUT2D eigenvalue weighted by atomic mass is 14.5. The van der Waals surface area contributed by atoms with E-state index in [0.717, 1.165) is 25.3 Å². The fraction of sp³-hybridized carbons (Fsp3) is 0.571. The Kier molecular flexibility index (Phi) is 3.11. The topological polar surface area (TPSA) is 26.0 Å². The lowest BCUT2D eigenvalue weighted by molar-refractivity contribution is 0.584. The summed E-state index contributed by atoms with van der Waals surface area (Å²) in [6.45, 7) is 5.37. The zero-order chi connectivity index (χ0) is 10.8. The van der Waals surface area contributed by atoms with Crippen LogP contribution in [0.1, 0.15) is 55.2 Å². The van der Waals surface area contributed by atoms with Gasteiger partial charge in [0.2, 0.25) is 0 Å². The van der Waals surface area contributed by atoms with Gasteiger partial charge in [0.15, 0.2) is 0 Å². The molecule has 2 atom stereocenters. The van der Waals surface area contributed by atoms with E-state index in [9.17, 15) is 0 Å². The Bertz CT molecular complexity index is 343. The molecule has 2 unspecified atom stereocenters. The van der Waals surface area contributed by atoms with Gasteiger partial charge in [-0.25, -0.2) is 0 Å². The Morgan fingerprint density at radius 2 is 2.13 bits per heavy atom. The average Bonchev–Trinajstić information content (AvgIpc) is 2.56. The Morgan fingerprint density at radius 1 is 1.33 bits per heavy atom. The van der Waals surface area contributed by atoms with E-state index in [1.807, 2.05) is 0 Å². The predicted molar refractivity (Wildman–Crippen MR) is 65.3 cm³/mol. The van der Waals surface area contributed by atoms with Crippen LogP contribution in [-0.2, 0) is 6.42 Å². The van der Waals surface area contributed by atoms with E-state index in [0.29, 0.717) is 5.92 Å². The third-order valence-corrected chi connectivity index (χ3v) is 3.68. The number of nitrogens with two attached hydrogens (primary N) is 1. The Labute approximate surface area is 92.7 Å². The summed E-state index contributed by atoms with van der Waals surface area (Å²) in [6, 6.07) is 7.01. The second-order valence-corrected chi connectivity index (χ2v) is 4.73. The molecule has 0 bridgehead atoms. The molecule has 2 N–H and O–H groups in total. The van der Waals surface area contributed by atoms with E-state index in [1.54, 1.807) is 11.1 Å². The molecule has 1 heteroatoms. The quantitative estimate of drug-likeness (QED) is 0.802. The highest BCUT2D eigenvalue weighted by Gasteiger charge is 2.27. The van der Waals surface area contributed by atoms with Crippen LogP contribution in [0.3, 0.4) is 0 Å². The van der Waals surface area contributed by atoms with Crippen LogP contribution >= 0.6 is 0 Å². The molecule has 1 aromatic rings. The van der Waals surface area contributed by atoms with Crippen molar-refractivity contribution in [2.75, 3.05) is 6.54 Å². The molecule has 0 aliphatic heterocycles. The van der Waals surface area contributed by atoms with Crippen molar-refractivity contribution in [2.45, 2.75) is 44.9 Å². The van der Waals surface area contributed by atoms with Crippen LogP contribution < -0.4 is 5.73 Å². The molecule has 0 radical (unpaired) electrons. The van der Waals surface area contributed by atoms with Crippen molar-refractivity contribution in [1.82, 2.24) is 0 Å². The molecular weight excluding hydrogens is 182 g/mol. The van der Waals surface area contributed by atoms with Gasteiger partial charge < -0.3 is 5.73 Å². The first kappa shape index (κ1) is 10.7. The van der Waals surface area contributed by atoms with E-state index in [-0.39, 0.29) is 0 Å². The molecule has 0 fully saturated rings.